The highest BCUT2D eigenvalue weighted by atomic mass is 32.1. The molecule has 7 heteroatoms. The van der Waals surface area contributed by atoms with Crippen LogP contribution in [0.15, 0.2) is 54.6 Å². The molecule has 0 spiro atoms. The first kappa shape index (κ1) is 19.5. The maximum atomic E-state index is 13.7. The molecule has 2 amide bonds. The van der Waals surface area contributed by atoms with Crippen LogP contribution in [0.5, 0.6) is 0 Å². The molecule has 0 aliphatic carbocycles. The number of nitrogens with zero attached hydrogens (tertiary/aromatic N) is 2. The van der Waals surface area contributed by atoms with Crippen LogP contribution in [0.3, 0.4) is 0 Å². The number of carbonyl (C=O) groups excluding carboxylic acids is 2. The molecule has 3 aromatic rings. The Morgan fingerprint density at radius 2 is 1.93 bits per heavy atom. The molecule has 2 heterocycles. The fraction of sp³-hybridized carbons (Fsp3) is 0.318. The number of hydrogen-bond acceptors (Lipinski definition) is 5. The minimum atomic E-state index is -0.811. The second kappa shape index (κ2) is 7.93. The molecule has 0 unspecified atom stereocenters. The van der Waals surface area contributed by atoms with E-state index in [2.05, 4.69) is 0 Å². The van der Waals surface area contributed by atoms with Crippen molar-refractivity contribution >= 4 is 33.4 Å². The van der Waals surface area contributed by atoms with E-state index in [1.807, 2.05) is 61.5 Å². The fourth-order valence-electron chi connectivity index (χ4n) is 3.76. The van der Waals surface area contributed by atoms with Gasteiger partial charge < -0.3 is 15.4 Å². The Kier molecular flexibility index (Phi) is 5.34. The summed E-state index contributed by atoms with van der Waals surface area (Å²) in [4.78, 5) is 31.7. The van der Waals surface area contributed by atoms with Crippen molar-refractivity contribution in [3.05, 3.63) is 65.2 Å². The summed E-state index contributed by atoms with van der Waals surface area (Å²) in [5, 5.41) is 0.908. The molecular formula is C22H23N3O3S. The highest BCUT2D eigenvalue weighted by molar-refractivity contribution is 7.18. The third-order valence-corrected chi connectivity index (χ3v) is 6.43. The first-order valence-corrected chi connectivity index (χ1v) is 10.4. The van der Waals surface area contributed by atoms with Crippen molar-refractivity contribution in [2.45, 2.75) is 24.9 Å². The fourth-order valence-corrected chi connectivity index (χ4v) is 4.88. The van der Waals surface area contributed by atoms with Crippen molar-refractivity contribution < 1.29 is 14.3 Å². The van der Waals surface area contributed by atoms with Crippen molar-refractivity contribution in [3.63, 3.8) is 0 Å². The number of amides is 2. The number of thiazole rings is 1. The van der Waals surface area contributed by atoms with Gasteiger partial charge in [0, 0.05) is 13.0 Å². The van der Waals surface area contributed by atoms with Gasteiger partial charge in [0.1, 0.15) is 0 Å². The number of rotatable bonds is 5. The van der Waals surface area contributed by atoms with E-state index in [1.165, 1.54) is 0 Å². The van der Waals surface area contributed by atoms with Crippen LogP contribution in [-0.2, 0) is 26.2 Å². The van der Waals surface area contributed by atoms with E-state index in [-0.39, 0.29) is 12.5 Å². The van der Waals surface area contributed by atoms with Crippen LogP contribution in [0.1, 0.15) is 17.5 Å². The Balaban J connectivity index is 1.69. The van der Waals surface area contributed by atoms with Crippen molar-refractivity contribution in [1.29, 1.82) is 0 Å². The molecule has 6 nitrogen and oxygen atoms in total. The highest BCUT2D eigenvalue weighted by Crippen LogP contribution is 2.34. The molecule has 2 N–H and O–H groups in total. The zero-order valence-electron chi connectivity index (χ0n) is 16.2. The van der Waals surface area contributed by atoms with Gasteiger partial charge in [0.15, 0.2) is 6.10 Å². The number of morpholine rings is 1. The summed E-state index contributed by atoms with van der Waals surface area (Å²) in [7, 11) is 0. The number of ether oxygens (including phenoxy) is 1. The lowest BCUT2D eigenvalue weighted by Crippen LogP contribution is -2.55. The van der Waals surface area contributed by atoms with E-state index in [9.17, 15) is 9.59 Å². The summed E-state index contributed by atoms with van der Waals surface area (Å²) in [5.41, 5.74) is 6.46. The van der Waals surface area contributed by atoms with Crippen LogP contribution in [-0.4, -0.2) is 47.5 Å². The summed E-state index contributed by atoms with van der Waals surface area (Å²) >= 11 is 1.61. The van der Waals surface area contributed by atoms with E-state index < -0.39 is 17.4 Å². The Labute approximate surface area is 173 Å². The summed E-state index contributed by atoms with van der Waals surface area (Å²) in [6.07, 6.45) is -0.288. The number of benzene rings is 2. The average Bonchev–Trinajstić information content (AvgIpc) is 3.16. The maximum Gasteiger partial charge on any atom is 0.248 e. The average molecular weight is 410 g/mol. The van der Waals surface area contributed by atoms with E-state index in [4.69, 9.17) is 15.5 Å². The summed E-state index contributed by atoms with van der Waals surface area (Å²) in [5.74, 6) is -0.590. The molecule has 1 fully saturated rings. The predicted molar refractivity (Wildman–Crippen MR) is 113 cm³/mol. The van der Waals surface area contributed by atoms with Crippen LogP contribution in [0, 0.1) is 0 Å². The standard InChI is InChI=1S/C22H23N3O3S/c1-22(15-7-3-2-4-8-15,13-19-24-16-9-5-6-10-18(16)29-19)21(27)25-11-12-28-17(14-25)20(23)26/h2-10,17H,11-14H2,1H3,(H2,23,26)/t17-,22-/m1/s1. The van der Waals surface area contributed by atoms with Gasteiger partial charge in [0.2, 0.25) is 11.8 Å². The van der Waals surface area contributed by atoms with Gasteiger partial charge in [-0.3, -0.25) is 9.59 Å². The van der Waals surface area contributed by atoms with Crippen molar-refractivity contribution in [2.75, 3.05) is 19.7 Å². The molecule has 2 aromatic carbocycles. The van der Waals surface area contributed by atoms with E-state index in [1.54, 1.807) is 16.2 Å². The lowest BCUT2D eigenvalue weighted by Gasteiger charge is -2.38. The molecule has 1 aromatic heterocycles. The molecular weight excluding hydrogens is 386 g/mol. The molecule has 0 radical (unpaired) electrons. The molecule has 150 valence electrons. The normalized spacial score (nSPS) is 19.1. The molecule has 29 heavy (non-hydrogen) atoms. The quantitative estimate of drug-likeness (QED) is 0.702. The minimum Gasteiger partial charge on any atom is -0.367 e. The number of aromatic nitrogens is 1. The third-order valence-electron chi connectivity index (χ3n) is 5.40. The second-order valence-electron chi connectivity index (χ2n) is 7.46. The Morgan fingerprint density at radius 1 is 1.21 bits per heavy atom. The van der Waals surface area contributed by atoms with Gasteiger partial charge in [0.25, 0.3) is 0 Å². The van der Waals surface area contributed by atoms with E-state index >= 15 is 0 Å². The van der Waals surface area contributed by atoms with Gasteiger partial charge in [-0.05, 0) is 24.6 Å². The molecule has 0 saturated carbocycles. The number of para-hydroxylation sites is 1. The lowest BCUT2D eigenvalue weighted by molar-refractivity contribution is -0.149. The largest absolute Gasteiger partial charge is 0.367 e. The molecule has 0 bridgehead atoms. The van der Waals surface area contributed by atoms with Gasteiger partial charge in [-0.1, -0.05) is 42.5 Å². The summed E-state index contributed by atoms with van der Waals surface area (Å²) in [6, 6.07) is 17.7. The van der Waals surface area contributed by atoms with Gasteiger partial charge in [-0.25, -0.2) is 4.98 Å². The van der Waals surface area contributed by atoms with Gasteiger partial charge >= 0.3 is 0 Å². The van der Waals surface area contributed by atoms with Crippen LogP contribution < -0.4 is 5.73 Å². The first-order chi connectivity index (χ1) is 14.0. The van der Waals surface area contributed by atoms with Crippen LogP contribution in [0.25, 0.3) is 10.2 Å². The SMILES string of the molecule is C[C@](Cc1nc2ccccc2s1)(C(=O)N1CCO[C@@H](C(N)=O)C1)c1ccccc1. The Bertz CT molecular complexity index is 1000. The summed E-state index contributed by atoms with van der Waals surface area (Å²) in [6.45, 7) is 2.86. The zero-order chi connectivity index (χ0) is 20.4. The Hall–Kier alpha value is -2.77. The highest BCUT2D eigenvalue weighted by Gasteiger charge is 2.41. The zero-order valence-corrected chi connectivity index (χ0v) is 17.0. The number of carbonyl (C=O) groups is 2. The van der Waals surface area contributed by atoms with Crippen LogP contribution >= 0.6 is 11.3 Å². The summed E-state index contributed by atoms with van der Waals surface area (Å²) < 4.78 is 6.52. The smallest absolute Gasteiger partial charge is 0.248 e. The van der Waals surface area contributed by atoms with E-state index in [0.29, 0.717) is 19.6 Å². The molecule has 4 rings (SSSR count). The second-order valence-corrected chi connectivity index (χ2v) is 8.58. The van der Waals surface area contributed by atoms with Gasteiger partial charge in [0.05, 0.1) is 33.8 Å². The van der Waals surface area contributed by atoms with Crippen molar-refractivity contribution in [1.82, 2.24) is 9.88 Å². The molecule has 2 atom stereocenters. The monoisotopic (exact) mass is 409 g/mol. The van der Waals surface area contributed by atoms with Crippen LogP contribution in [0.2, 0.25) is 0 Å². The molecule has 1 aliphatic rings. The van der Waals surface area contributed by atoms with Crippen molar-refractivity contribution in [2.24, 2.45) is 5.73 Å². The maximum absolute atomic E-state index is 13.7. The molecule has 1 aliphatic heterocycles. The van der Waals surface area contributed by atoms with E-state index in [0.717, 1.165) is 20.8 Å². The van der Waals surface area contributed by atoms with Gasteiger partial charge in [-0.15, -0.1) is 11.3 Å². The van der Waals surface area contributed by atoms with Gasteiger partial charge in [-0.2, -0.15) is 0 Å². The minimum absolute atomic E-state index is 0.0440. The number of nitrogens with two attached hydrogens (primary N) is 1. The predicted octanol–water partition coefficient (Wildman–Crippen LogP) is 2.51. The number of fused-ring (bicyclic) bond motifs is 1. The lowest BCUT2D eigenvalue weighted by atomic mass is 9.78. The van der Waals surface area contributed by atoms with Crippen LogP contribution in [0.4, 0.5) is 0 Å². The number of primary amides is 1. The first-order valence-electron chi connectivity index (χ1n) is 9.57. The topological polar surface area (TPSA) is 85.5 Å². The number of hydrogen-bond donors (Lipinski definition) is 1. The molecule has 1 saturated heterocycles. The van der Waals surface area contributed by atoms with Crippen molar-refractivity contribution in [3.8, 4) is 0 Å². The Morgan fingerprint density at radius 3 is 2.66 bits per heavy atom. The third kappa shape index (κ3) is 3.88.